The fourth-order valence-electron chi connectivity index (χ4n) is 2.29. The quantitative estimate of drug-likeness (QED) is 0.935. The van der Waals surface area contributed by atoms with Crippen LogP contribution in [-0.4, -0.2) is 21.7 Å². The topological polar surface area (TPSA) is 55.2 Å². The summed E-state index contributed by atoms with van der Waals surface area (Å²) in [5.41, 5.74) is 2.57. The molecule has 1 unspecified atom stereocenters. The number of hydrogen-bond donors (Lipinski definition) is 1. The van der Waals surface area contributed by atoms with Crippen LogP contribution < -0.4 is 4.74 Å². The summed E-state index contributed by atoms with van der Waals surface area (Å²) < 4.78 is 5.62. The zero-order valence-electron chi connectivity index (χ0n) is 10.2. The monoisotopic (exact) mass is 276 g/mol. The summed E-state index contributed by atoms with van der Waals surface area (Å²) >= 11 is 6.09. The largest absolute Gasteiger partial charge is 0.493 e. The van der Waals surface area contributed by atoms with Gasteiger partial charge in [0.1, 0.15) is 11.9 Å². The van der Waals surface area contributed by atoms with Gasteiger partial charge < -0.3 is 9.84 Å². The number of rotatable bonds is 3. The van der Waals surface area contributed by atoms with E-state index in [0.717, 1.165) is 23.3 Å². The van der Waals surface area contributed by atoms with Crippen molar-refractivity contribution < 1.29 is 9.84 Å². The lowest BCUT2D eigenvalue weighted by molar-refractivity contribution is 0.172. The molecule has 98 valence electrons. The molecular formula is C14H13ClN2O2. The normalized spacial score (nSPS) is 14.8. The fourth-order valence-corrected chi connectivity index (χ4v) is 2.56. The highest BCUT2D eigenvalue weighted by Crippen LogP contribution is 2.34. The summed E-state index contributed by atoms with van der Waals surface area (Å²) in [7, 11) is 0. The maximum atomic E-state index is 10.2. The van der Waals surface area contributed by atoms with Gasteiger partial charge in [-0.2, -0.15) is 0 Å². The molecule has 1 aromatic carbocycles. The van der Waals surface area contributed by atoms with Crippen LogP contribution >= 0.6 is 11.6 Å². The Hall–Kier alpha value is -1.65. The van der Waals surface area contributed by atoms with Crippen molar-refractivity contribution in [3.63, 3.8) is 0 Å². The lowest BCUT2D eigenvalue weighted by Crippen LogP contribution is -2.05. The molecule has 4 nitrogen and oxygen atoms in total. The van der Waals surface area contributed by atoms with Crippen LogP contribution in [0.15, 0.2) is 30.7 Å². The number of hydrogen-bond acceptors (Lipinski definition) is 4. The predicted octanol–water partition coefficient (Wildman–Crippen LogP) is 2.34. The summed E-state index contributed by atoms with van der Waals surface area (Å²) in [5.74, 6) is 0.854. The van der Waals surface area contributed by atoms with Crippen molar-refractivity contribution in [3.8, 4) is 5.75 Å². The molecule has 3 rings (SSSR count). The predicted molar refractivity (Wildman–Crippen MR) is 71.3 cm³/mol. The Morgan fingerprint density at radius 3 is 3.05 bits per heavy atom. The molecular weight excluding hydrogens is 264 g/mol. The van der Waals surface area contributed by atoms with Gasteiger partial charge in [-0.25, -0.2) is 0 Å². The average molecular weight is 277 g/mol. The molecule has 0 saturated carbocycles. The summed E-state index contributed by atoms with van der Waals surface area (Å²) in [4.78, 5) is 8.06. The standard InChI is InChI=1S/C14H13ClN2O2/c15-11-5-9-1-4-19-14(9)10(6-11)7-13(18)12-8-16-2-3-17-12/h2-3,5-6,8,13,18H,1,4,7H2. The molecule has 2 heterocycles. The van der Waals surface area contributed by atoms with E-state index in [1.165, 1.54) is 0 Å². The van der Waals surface area contributed by atoms with Crippen molar-refractivity contribution >= 4 is 11.6 Å². The molecule has 0 spiro atoms. The van der Waals surface area contributed by atoms with Crippen molar-refractivity contribution in [2.24, 2.45) is 0 Å². The molecule has 0 amide bonds. The van der Waals surface area contributed by atoms with Crippen molar-refractivity contribution in [3.05, 3.63) is 52.6 Å². The van der Waals surface area contributed by atoms with Crippen LogP contribution in [-0.2, 0) is 12.8 Å². The lowest BCUT2D eigenvalue weighted by Gasteiger charge is -2.13. The number of benzene rings is 1. The molecule has 1 N–H and O–H groups in total. The lowest BCUT2D eigenvalue weighted by atomic mass is 10.0. The summed E-state index contributed by atoms with van der Waals surface area (Å²) in [6, 6.07) is 3.76. The third-order valence-electron chi connectivity index (χ3n) is 3.16. The molecule has 1 aromatic heterocycles. The van der Waals surface area contributed by atoms with E-state index in [1.807, 2.05) is 12.1 Å². The van der Waals surface area contributed by atoms with Gasteiger partial charge in [-0.1, -0.05) is 11.6 Å². The summed E-state index contributed by atoms with van der Waals surface area (Å²) in [6.45, 7) is 0.671. The second kappa shape index (κ2) is 5.15. The van der Waals surface area contributed by atoms with Gasteiger partial charge in [0, 0.05) is 30.3 Å². The minimum Gasteiger partial charge on any atom is -0.493 e. The number of nitrogens with zero attached hydrogens (tertiary/aromatic N) is 2. The molecule has 2 aromatic rings. The third-order valence-corrected chi connectivity index (χ3v) is 3.38. The summed E-state index contributed by atoms with van der Waals surface area (Å²) in [5, 5.41) is 10.9. The number of ether oxygens (including phenoxy) is 1. The number of aliphatic hydroxyl groups is 1. The maximum absolute atomic E-state index is 10.2. The van der Waals surface area contributed by atoms with Gasteiger partial charge in [-0.15, -0.1) is 0 Å². The van der Waals surface area contributed by atoms with E-state index in [9.17, 15) is 5.11 Å². The highest BCUT2D eigenvalue weighted by molar-refractivity contribution is 6.30. The highest BCUT2D eigenvalue weighted by Gasteiger charge is 2.20. The highest BCUT2D eigenvalue weighted by atomic mass is 35.5. The van der Waals surface area contributed by atoms with Crippen molar-refractivity contribution in [1.82, 2.24) is 9.97 Å². The number of aliphatic hydroxyl groups excluding tert-OH is 1. The second-order valence-electron chi connectivity index (χ2n) is 4.50. The number of aromatic nitrogens is 2. The van der Waals surface area contributed by atoms with Crippen LogP contribution in [0.5, 0.6) is 5.75 Å². The van der Waals surface area contributed by atoms with E-state index in [4.69, 9.17) is 16.3 Å². The Kier molecular flexibility index (Phi) is 3.36. The van der Waals surface area contributed by atoms with Gasteiger partial charge in [0.05, 0.1) is 18.5 Å². The SMILES string of the molecule is OC(Cc1cc(Cl)cc2c1OCC2)c1cnccn1. The van der Waals surface area contributed by atoms with Crippen LogP contribution in [0.3, 0.4) is 0 Å². The van der Waals surface area contributed by atoms with E-state index in [-0.39, 0.29) is 0 Å². The smallest absolute Gasteiger partial charge is 0.126 e. The first-order chi connectivity index (χ1) is 9.24. The molecule has 0 radical (unpaired) electrons. The Labute approximate surface area is 116 Å². The van der Waals surface area contributed by atoms with E-state index >= 15 is 0 Å². The van der Waals surface area contributed by atoms with E-state index < -0.39 is 6.10 Å². The minimum absolute atomic E-state index is 0.418. The van der Waals surface area contributed by atoms with E-state index in [0.29, 0.717) is 23.7 Å². The first-order valence-corrected chi connectivity index (χ1v) is 6.50. The van der Waals surface area contributed by atoms with E-state index in [1.54, 1.807) is 18.6 Å². The van der Waals surface area contributed by atoms with Crippen molar-refractivity contribution in [1.29, 1.82) is 0 Å². The Morgan fingerprint density at radius 2 is 2.26 bits per heavy atom. The zero-order valence-corrected chi connectivity index (χ0v) is 11.0. The molecule has 1 aliphatic rings. The molecule has 1 atom stereocenters. The van der Waals surface area contributed by atoms with Crippen LogP contribution in [0, 0.1) is 0 Å². The molecule has 1 aliphatic heterocycles. The van der Waals surface area contributed by atoms with Gasteiger partial charge in [0.15, 0.2) is 0 Å². The molecule has 0 aliphatic carbocycles. The van der Waals surface area contributed by atoms with Crippen LogP contribution in [0.4, 0.5) is 0 Å². The third kappa shape index (κ3) is 2.55. The molecule has 0 bridgehead atoms. The van der Waals surface area contributed by atoms with Gasteiger partial charge in [0.25, 0.3) is 0 Å². The zero-order chi connectivity index (χ0) is 13.2. The fraction of sp³-hybridized carbons (Fsp3) is 0.286. The van der Waals surface area contributed by atoms with Gasteiger partial charge in [-0.3, -0.25) is 9.97 Å². The van der Waals surface area contributed by atoms with Crippen LogP contribution in [0.2, 0.25) is 5.02 Å². The molecule has 0 fully saturated rings. The Balaban J connectivity index is 1.88. The van der Waals surface area contributed by atoms with Crippen LogP contribution in [0.25, 0.3) is 0 Å². The first kappa shape index (κ1) is 12.4. The maximum Gasteiger partial charge on any atom is 0.126 e. The molecule has 5 heteroatoms. The van der Waals surface area contributed by atoms with E-state index in [2.05, 4.69) is 9.97 Å². The van der Waals surface area contributed by atoms with Gasteiger partial charge >= 0.3 is 0 Å². The van der Waals surface area contributed by atoms with Gasteiger partial charge in [0.2, 0.25) is 0 Å². The van der Waals surface area contributed by atoms with Gasteiger partial charge in [-0.05, 0) is 23.3 Å². The molecule has 19 heavy (non-hydrogen) atoms. The number of halogens is 1. The Bertz CT molecular complexity index is 589. The van der Waals surface area contributed by atoms with Crippen LogP contribution in [0.1, 0.15) is 22.9 Å². The van der Waals surface area contributed by atoms with Crippen molar-refractivity contribution in [2.75, 3.05) is 6.61 Å². The minimum atomic E-state index is -0.708. The second-order valence-corrected chi connectivity index (χ2v) is 4.94. The first-order valence-electron chi connectivity index (χ1n) is 6.12. The number of fused-ring (bicyclic) bond motifs is 1. The Morgan fingerprint density at radius 1 is 1.37 bits per heavy atom. The summed E-state index contributed by atoms with van der Waals surface area (Å²) in [6.07, 6.45) is 5.29. The average Bonchev–Trinajstić information content (AvgIpc) is 2.88. The van der Waals surface area contributed by atoms with Crippen molar-refractivity contribution in [2.45, 2.75) is 18.9 Å². The molecule has 0 saturated heterocycles.